The fraction of sp³-hybridized carbons (Fsp3) is 0.394. The number of anilines is 1. The van der Waals surface area contributed by atoms with Gasteiger partial charge in [0.2, 0.25) is 11.8 Å². The van der Waals surface area contributed by atoms with Gasteiger partial charge in [0.1, 0.15) is 12.6 Å². The Balaban J connectivity index is 1.68. The average molecular weight is 576 g/mol. The molecule has 2 amide bonds. The smallest absolute Gasteiger partial charge is 0.264 e. The highest BCUT2D eigenvalue weighted by molar-refractivity contribution is 7.92. The van der Waals surface area contributed by atoms with Gasteiger partial charge >= 0.3 is 0 Å². The van der Waals surface area contributed by atoms with Crippen molar-refractivity contribution < 1.29 is 18.0 Å². The molecule has 1 fully saturated rings. The van der Waals surface area contributed by atoms with Crippen molar-refractivity contribution in [2.75, 3.05) is 10.8 Å². The summed E-state index contributed by atoms with van der Waals surface area (Å²) in [5, 5.41) is 3.10. The van der Waals surface area contributed by atoms with E-state index in [4.69, 9.17) is 0 Å². The zero-order valence-electron chi connectivity index (χ0n) is 24.4. The second-order valence-corrected chi connectivity index (χ2v) is 13.1. The molecule has 1 aliphatic rings. The number of rotatable bonds is 11. The topological polar surface area (TPSA) is 86.8 Å². The van der Waals surface area contributed by atoms with E-state index in [1.807, 2.05) is 43.3 Å². The number of sulfonamides is 1. The third-order valence-electron chi connectivity index (χ3n) is 7.76. The zero-order valence-corrected chi connectivity index (χ0v) is 25.2. The Morgan fingerprint density at radius 2 is 1.56 bits per heavy atom. The molecular formula is C33H41N3O4S. The van der Waals surface area contributed by atoms with Crippen LogP contribution in [0.5, 0.6) is 0 Å². The lowest BCUT2D eigenvalue weighted by atomic mass is 10.0. The molecule has 1 saturated carbocycles. The predicted molar refractivity (Wildman–Crippen MR) is 163 cm³/mol. The molecular weight excluding hydrogens is 534 g/mol. The van der Waals surface area contributed by atoms with Gasteiger partial charge in [-0.3, -0.25) is 13.9 Å². The first kappa shape index (κ1) is 30.3. The molecule has 1 N–H and O–H groups in total. The number of carbonyl (C=O) groups is 2. The number of nitrogens with one attached hydrogen (secondary N) is 1. The Kier molecular flexibility index (Phi) is 9.86. The van der Waals surface area contributed by atoms with E-state index in [0.717, 1.165) is 46.7 Å². The number of hydrogen-bond acceptors (Lipinski definition) is 4. The summed E-state index contributed by atoms with van der Waals surface area (Å²) < 4.78 is 29.0. The lowest BCUT2D eigenvalue weighted by Gasteiger charge is -2.32. The molecule has 218 valence electrons. The minimum Gasteiger partial charge on any atom is -0.352 e. The van der Waals surface area contributed by atoms with Gasteiger partial charge in [-0.1, -0.05) is 86.8 Å². The standard InChI is InChI=1S/C33H41N3O4S/c1-24(2)28-17-19-30(20-18-28)36(41(39,40)31-15-6-5-7-16-31)23-32(37)35(22-27-12-10-11-25(3)21-27)26(4)33(38)34-29-13-8-9-14-29/h5-7,10-12,15-21,24,26,29H,8-9,13-14,22-23H2,1-4H3,(H,34,38)/t26-/m0/s1. The first-order valence-corrected chi connectivity index (χ1v) is 15.8. The molecule has 0 aliphatic heterocycles. The van der Waals surface area contributed by atoms with Crippen molar-refractivity contribution in [3.8, 4) is 0 Å². The summed E-state index contributed by atoms with van der Waals surface area (Å²) in [6, 6.07) is 22.5. The maximum Gasteiger partial charge on any atom is 0.264 e. The second kappa shape index (κ2) is 13.3. The molecule has 0 heterocycles. The van der Waals surface area contributed by atoms with Crippen LogP contribution in [-0.2, 0) is 26.2 Å². The van der Waals surface area contributed by atoms with E-state index in [1.54, 1.807) is 37.3 Å². The lowest BCUT2D eigenvalue weighted by molar-refractivity contribution is -0.139. The fourth-order valence-electron chi connectivity index (χ4n) is 5.26. The zero-order chi connectivity index (χ0) is 29.6. The molecule has 1 aliphatic carbocycles. The molecule has 0 radical (unpaired) electrons. The van der Waals surface area contributed by atoms with Crippen LogP contribution < -0.4 is 9.62 Å². The minimum absolute atomic E-state index is 0.0954. The Morgan fingerprint density at radius 3 is 2.17 bits per heavy atom. The van der Waals surface area contributed by atoms with Crippen LogP contribution in [0, 0.1) is 6.92 Å². The van der Waals surface area contributed by atoms with Crippen LogP contribution in [0.15, 0.2) is 83.8 Å². The minimum atomic E-state index is -4.07. The first-order chi connectivity index (χ1) is 19.6. The van der Waals surface area contributed by atoms with Crippen molar-refractivity contribution in [2.45, 2.75) is 82.8 Å². The van der Waals surface area contributed by atoms with Gasteiger partial charge in [0, 0.05) is 12.6 Å². The van der Waals surface area contributed by atoms with Gasteiger partial charge in [0.15, 0.2) is 0 Å². The van der Waals surface area contributed by atoms with Crippen molar-refractivity contribution >= 4 is 27.5 Å². The van der Waals surface area contributed by atoms with Gasteiger partial charge < -0.3 is 10.2 Å². The Labute approximate surface area is 244 Å². The van der Waals surface area contributed by atoms with Crippen LogP contribution in [0.3, 0.4) is 0 Å². The summed E-state index contributed by atoms with van der Waals surface area (Å²) in [6.07, 6.45) is 4.01. The molecule has 3 aromatic carbocycles. The molecule has 3 aromatic rings. The molecule has 0 bridgehead atoms. The third kappa shape index (κ3) is 7.55. The summed E-state index contributed by atoms with van der Waals surface area (Å²) in [7, 11) is -4.07. The monoisotopic (exact) mass is 575 g/mol. The molecule has 0 unspecified atom stereocenters. The third-order valence-corrected chi connectivity index (χ3v) is 9.55. The van der Waals surface area contributed by atoms with Gasteiger partial charge in [-0.05, 0) is 68.0 Å². The van der Waals surface area contributed by atoms with E-state index in [2.05, 4.69) is 19.2 Å². The van der Waals surface area contributed by atoms with Crippen LogP contribution in [0.1, 0.15) is 69.1 Å². The summed E-state index contributed by atoms with van der Waals surface area (Å²) in [6.45, 7) is 7.57. The number of hydrogen-bond donors (Lipinski definition) is 1. The van der Waals surface area contributed by atoms with Crippen LogP contribution in [0.4, 0.5) is 5.69 Å². The number of benzene rings is 3. The highest BCUT2D eigenvalue weighted by atomic mass is 32.2. The van der Waals surface area contributed by atoms with Crippen LogP contribution >= 0.6 is 0 Å². The average Bonchev–Trinajstić information content (AvgIpc) is 3.47. The molecule has 0 saturated heterocycles. The Hall–Kier alpha value is -3.65. The largest absolute Gasteiger partial charge is 0.352 e. The van der Waals surface area contributed by atoms with Gasteiger partial charge in [0.25, 0.3) is 10.0 Å². The van der Waals surface area contributed by atoms with E-state index < -0.39 is 28.5 Å². The van der Waals surface area contributed by atoms with Crippen molar-refractivity contribution in [1.82, 2.24) is 10.2 Å². The van der Waals surface area contributed by atoms with Crippen LogP contribution in [0.25, 0.3) is 0 Å². The number of nitrogens with zero attached hydrogens (tertiary/aromatic N) is 2. The molecule has 41 heavy (non-hydrogen) atoms. The van der Waals surface area contributed by atoms with E-state index in [-0.39, 0.29) is 29.3 Å². The Morgan fingerprint density at radius 1 is 0.902 bits per heavy atom. The summed E-state index contributed by atoms with van der Waals surface area (Å²) in [5.41, 5.74) is 3.37. The van der Waals surface area contributed by atoms with E-state index in [0.29, 0.717) is 5.69 Å². The molecule has 7 nitrogen and oxygen atoms in total. The maximum atomic E-state index is 14.1. The van der Waals surface area contributed by atoms with Crippen LogP contribution in [-0.4, -0.2) is 43.8 Å². The summed E-state index contributed by atoms with van der Waals surface area (Å²) in [4.78, 5) is 29.0. The van der Waals surface area contributed by atoms with Gasteiger partial charge in [-0.15, -0.1) is 0 Å². The quantitative estimate of drug-likeness (QED) is 0.314. The predicted octanol–water partition coefficient (Wildman–Crippen LogP) is 5.79. The van der Waals surface area contributed by atoms with Gasteiger partial charge in [-0.25, -0.2) is 8.42 Å². The van der Waals surface area contributed by atoms with E-state index in [1.165, 1.54) is 17.0 Å². The number of amides is 2. The van der Waals surface area contributed by atoms with Crippen LogP contribution in [0.2, 0.25) is 0 Å². The molecule has 1 atom stereocenters. The molecule has 8 heteroatoms. The van der Waals surface area contributed by atoms with Crippen molar-refractivity contribution in [2.24, 2.45) is 0 Å². The first-order valence-electron chi connectivity index (χ1n) is 14.4. The highest BCUT2D eigenvalue weighted by Crippen LogP contribution is 2.27. The summed E-state index contributed by atoms with van der Waals surface area (Å²) in [5.74, 6) is -0.404. The van der Waals surface area contributed by atoms with Gasteiger partial charge in [0.05, 0.1) is 10.6 Å². The lowest BCUT2D eigenvalue weighted by Crippen LogP contribution is -2.52. The number of aryl methyl sites for hydroxylation is 1. The highest BCUT2D eigenvalue weighted by Gasteiger charge is 2.33. The second-order valence-electron chi connectivity index (χ2n) is 11.2. The molecule has 0 aromatic heterocycles. The van der Waals surface area contributed by atoms with Crippen molar-refractivity contribution in [1.29, 1.82) is 0 Å². The summed E-state index contributed by atoms with van der Waals surface area (Å²) >= 11 is 0. The maximum absolute atomic E-state index is 14.1. The number of carbonyl (C=O) groups excluding carboxylic acids is 2. The van der Waals surface area contributed by atoms with Gasteiger partial charge in [-0.2, -0.15) is 0 Å². The van der Waals surface area contributed by atoms with E-state index in [9.17, 15) is 18.0 Å². The normalized spacial score (nSPS) is 14.6. The van der Waals surface area contributed by atoms with Crippen molar-refractivity contribution in [3.05, 3.63) is 95.6 Å². The Bertz CT molecular complexity index is 1430. The molecule has 4 rings (SSSR count). The van der Waals surface area contributed by atoms with Crippen molar-refractivity contribution in [3.63, 3.8) is 0 Å². The van der Waals surface area contributed by atoms with E-state index >= 15 is 0 Å². The fourth-order valence-corrected chi connectivity index (χ4v) is 6.69. The SMILES string of the molecule is Cc1cccc(CN(C(=O)CN(c2ccc(C(C)C)cc2)S(=O)(=O)c2ccccc2)[C@@H](C)C(=O)NC2CCCC2)c1. The molecule has 0 spiro atoms.